The van der Waals surface area contributed by atoms with E-state index >= 15 is 0 Å². The molecular formula is C34H36N6O2. The summed E-state index contributed by atoms with van der Waals surface area (Å²) in [6.07, 6.45) is 6.91. The maximum absolute atomic E-state index is 13.4. The van der Waals surface area contributed by atoms with Gasteiger partial charge in [0.1, 0.15) is 0 Å². The summed E-state index contributed by atoms with van der Waals surface area (Å²) in [6, 6.07) is 23.6. The SMILES string of the molecule is CC[C@@H](NC(=O)c1ccc2c(c1)C(=C(Nc1ccc(CN3CCCC3)cc1)c1cnn(C)c1)C(=O)N2)c1ccccc1. The average Bonchev–Trinajstić information content (AvgIpc) is 3.76. The van der Waals surface area contributed by atoms with E-state index < -0.39 is 0 Å². The fraction of sp³-hybridized carbons (Fsp3) is 0.265. The molecule has 1 atom stereocenters. The van der Waals surface area contributed by atoms with Crippen LogP contribution >= 0.6 is 0 Å². The number of carbonyl (C=O) groups is 2. The highest BCUT2D eigenvalue weighted by molar-refractivity contribution is 6.37. The molecular weight excluding hydrogens is 524 g/mol. The summed E-state index contributed by atoms with van der Waals surface area (Å²) >= 11 is 0. The van der Waals surface area contributed by atoms with E-state index in [-0.39, 0.29) is 17.9 Å². The van der Waals surface area contributed by atoms with Crippen molar-refractivity contribution in [1.82, 2.24) is 20.0 Å². The number of hydrogen-bond acceptors (Lipinski definition) is 5. The summed E-state index contributed by atoms with van der Waals surface area (Å²) in [6.45, 7) is 5.30. The molecule has 0 saturated carbocycles. The van der Waals surface area contributed by atoms with Crippen molar-refractivity contribution in [1.29, 1.82) is 0 Å². The van der Waals surface area contributed by atoms with Crippen molar-refractivity contribution in [3.05, 3.63) is 113 Å². The third-order valence-electron chi connectivity index (χ3n) is 8.01. The van der Waals surface area contributed by atoms with Crippen LogP contribution in [0.5, 0.6) is 0 Å². The van der Waals surface area contributed by atoms with E-state index in [0.29, 0.717) is 28.1 Å². The molecule has 3 aromatic carbocycles. The summed E-state index contributed by atoms with van der Waals surface area (Å²) < 4.78 is 1.71. The van der Waals surface area contributed by atoms with Gasteiger partial charge >= 0.3 is 0 Å². The maximum Gasteiger partial charge on any atom is 0.258 e. The van der Waals surface area contributed by atoms with Gasteiger partial charge in [0.25, 0.3) is 11.8 Å². The number of hydrogen-bond donors (Lipinski definition) is 3. The second kappa shape index (κ2) is 12.0. The van der Waals surface area contributed by atoms with Crippen molar-refractivity contribution < 1.29 is 9.59 Å². The number of aromatic nitrogens is 2. The first-order chi connectivity index (χ1) is 20.5. The highest BCUT2D eigenvalue weighted by atomic mass is 16.2. The van der Waals surface area contributed by atoms with Crippen LogP contribution < -0.4 is 16.0 Å². The Bertz CT molecular complexity index is 1620. The fourth-order valence-corrected chi connectivity index (χ4v) is 5.77. The smallest absolute Gasteiger partial charge is 0.258 e. The number of rotatable bonds is 9. The molecule has 214 valence electrons. The molecule has 1 saturated heterocycles. The third-order valence-corrected chi connectivity index (χ3v) is 8.01. The van der Waals surface area contributed by atoms with Crippen molar-refractivity contribution in [2.24, 2.45) is 7.05 Å². The van der Waals surface area contributed by atoms with Gasteiger partial charge in [-0.15, -0.1) is 0 Å². The minimum atomic E-state index is -0.227. The number of nitrogens with one attached hydrogen (secondary N) is 3. The lowest BCUT2D eigenvalue weighted by Gasteiger charge is -2.18. The first kappa shape index (κ1) is 27.5. The van der Waals surface area contributed by atoms with Crippen molar-refractivity contribution in [3.63, 3.8) is 0 Å². The molecule has 3 N–H and O–H groups in total. The van der Waals surface area contributed by atoms with E-state index in [0.717, 1.165) is 42.9 Å². The molecule has 4 aromatic rings. The van der Waals surface area contributed by atoms with Gasteiger partial charge in [0.05, 0.1) is 23.5 Å². The highest BCUT2D eigenvalue weighted by Gasteiger charge is 2.30. The Balaban J connectivity index is 1.32. The lowest BCUT2D eigenvalue weighted by Crippen LogP contribution is -2.28. The molecule has 8 nitrogen and oxygen atoms in total. The molecule has 0 spiro atoms. The van der Waals surface area contributed by atoms with Crippen LogP contribution in [-0.4, -0.2) is 39.6 Å². The molecule has 0 unspecified atom stereocenters. The summed E-state index contributed by atoms with van der Waals surface area (Å²) in [5, 5.41) is 14.0. The normalized spacial score (nSPS) is 16.6. The number of benzene rings is 3. The number of anilines is 2. The molecule has 0 radical (unpaired) electrons. The molecule has 3 heterocycles. The maximum atomic E-state index is 13.4. The van der Waals surface area contributed by atoms with Crippen molar-refractivity contribution >= 4 is 34.5 Å². The predicted molar refractivity (Wildman–Crippen MR) is 167 cm³/mol. The largest absolute Gasteiger partial charge is 0.354 e. The summed E-state index contributed by atoms with van der Waals surface area (Å²) in [5.41, 5.74) is 6.93. The molecule has 1 fully saturated rings. The van der Waals surface area contributed by atoms with Crippen LogP contribution in [0.25, 0.3) is 11.3 Å². The molecule has 2 amide bonds. The minimum absolute atomic E-state index is 0.109. The van der Waals surface area contributed by atoms with Crippen LogP contribution in [0.1, 0.15) is 64.8 Å². The Labute approximate surface area is 246 Å². The van der Waals surface area contributed by atoms with Gasteiger partial charge in [-0.05, 0) is 73.8 Å². The minimum Gasteiger partial charge on any atom is -0.354 e. The fourth-order valence-electron chi connectivity index (χ4n) is 5.77. The van der Waals surface area contributed by atoms with E-state index in [1.54, 1.807) is 29.1 Å². The van der Waals surface area contributed by atoms with E-state index in [2.05, 4.69) is 57.1 Å². The molecule has 0 bridgehead atoms. The lowest BCUT2D eigenvalue weighted by atomic mass is 9.99. The first-order valence-electron chi connectivity index (χ1n) is 14.6. The van der Waals surface area contributed by atoms with Gasteiger partial charge < -0.3 is 16.0 Å². The highest BCUT2D eigenvalue weighted by Crippen LogP contribution is 2.38. The number of carbonyl (C=O) groups excluding carboxylic acids is 2. The van der Waals surface area contributed by atoms with Crippen LogP contribution in [0, 0.1) is 0 Å². The standard InChI is InChI=1S/C34H36N6O2/c1-3-29(24-9-5-4-6-10-24)37-33(41)25-13-16-30-28(19-25)31(34(42)38-30)32(26-20-35-39(2)22-26)36-27-14-11-23(12-15-27)21-40-17-7-8-18-40/h4-6,9-16,19-20,22,29,36H,3,7-8,17-18,21H2,1-2H3,(H,37,41)(H,38,42)/t29-/m1/s1. The van der Waals surface area contributed by atoms with E-state index in [1.807, 2.05) is 43.6 Å². The van der Waals surface area contributed by atoms with Crippen LogP contribution in [0.3, 0.4) is 0 Å². The predicted octanol–water partition coefficient (Wildman–Crippen LogP) is 5.83. The van der Waals surface area contributed by atoms with E-state index in [1.165, 1.54) is 18.4 Å². The van der Waals surface area contributed by atoms with Crippen LogP contribution in [-0.2, 0) is 18.4 Å². The number of amides is 2. The topological polar surface area (TPSA) is 91.3 Å². The summed E-state index contributed by atoms with van der Waals surface area (Å²) in [7, 11) is 1.85. The van der Waals surface area contributed by atoms with Crippen LogP contribution in [0.4, 0.5) is 11.4 Å². The number of aryl methyl sites for hydroxylation is 1. The number of likely N-dealkylation sites (tertiary alicyclic amines) is 1. The molecule has 8 heteroatoms. The molecule has 6 rings (SSSR count). The van der Waals surface area contributed by atoms with Crippen LogP contribution in [0.15, 0.2) is 85.2 Å². The zero-order valence-corrected chi connectivity index (χ0v) is 24.1. The van der Waals surface area contributed by atoms with Gasteiger partial charge in [0.2, 0.25) is 0 Å². The zero-order chi connectivity index (χ0) is 29.1. The van der Waals surface area contributed by atoms with Crippen LogP contribution in [0.2, 0.25) is 0 Å². The second-order valence-corrected chi connectivity index (χ2v) is 11.0. The zero-order valence-electron chi connectivity index (χ0n) is 24.1. The Hall–Kier alpha value is -4.69. The second-order valence-electron chi connectivity index (χ2n) is 11.0. The molecule has 1 aromatic heterocycles. The van der Waals surface area contributed by atoms with Gasteiger partial charge in [-0.2, -0.15) is 5.10 Å². The molecule has 2 aliphatic rings. The summed E-state index contributed by atoms with van der Waals surface area (Å²) in [4.78, 5) is 29.3. The van der Waals surface area contributed by atoms with Gasteiger partial charge in [-0.25, -0.2) is 0 Å². The van der Waals surface area contributed by atoms with Crippen molar-refractivity contribution in [3.8, 4) is 0 Å². The van der Waals surface area contributed by atoms with Gasteiger partial charge in [0, 0.05) is 47.9 Å². The van der Waals surface area contributed by atoms with Crippen molar-refractivity contribution in [2.45, 2.75) is 38.8 Å². The Kier molecular flexibility index (Phi) is 7.88. The Morgan fingerprint density at radius 1 is 1.00 bits per heavy atom. The number of nitrogens with zero attached hydrogens (tertiary/aromatic N) is 3. The Morgan fingerprint density at radius 3 is 2.45 bits per heavy atom. The molecule has 0 aliphatic carbocycles. The molecule has 42 heavy (non-hydrogen) atoms. The molecule has 2 aliphatic heterocycles. The van der Waals surface area contributed by atoms with Crippen molar-refractivity contribution in [2.75, 3.05) is 23.7 Å². The van der Waals surface area contributed by atoms with Gasteiger partial charge in [-0.1, -0.05) is 49.4 Å². The monoisotopic (exact) mass is 560 g/mol. The Morgan fingerprint density at radius 2 is 1.76 bits per heavy atom. The lowest BCUT2D eigenvalue weighted by molar-refractivity contribution is -0.110. The third kappa shape index (κ3) is 5.85. The van der Waals surface area contributed by atoms with E-state index in [4.69, 9.17) is 0 Å². The number of fused-ring (bicyclic) bond motifs is 1. The first-order valence-corrected chi connectivity index (χ1v) is 14.6. The van der Waals surface area contributed by atoms with E-state index in [9.17, 15) is 9.59 Å². The quantitative estimate of drug-likeness (QED) is 0.224. The summed E-state index contributed by atoms with van der Waals surface area (Å²) in [5.74, 6) is -0.410. The van der Waals surface area contributed by atoms with Gasteiger partial charge in [-0.3, -0.25) is 19.2 Å². The average molecular weight is 561 g/mol. The van der Waals surface area contributed by atoms with Gasteiger partial charge in [0.15, 0.2) is 0 Å².